The van der Waals surface area contributed by atoms with Crippen LogP contribution >= 0.6 is 0 Å². The first-order chi connectivity index (χ1) is 15.3. The molecule has 1 atom stereocenters. The molecule has 0 unspecified atom stereocenters. The van der Waals surface area contributed by atoms with Gasteiger partial charge in [0.2, 0.25) is 0 Å². The molecule has 0 bridgehead atoms. The second kappa shape index (κ2) is 8.46. The van der Waals surface area contributed by atoms with Crippen LogP contribution in [0.25, 0.3) is 5.76 Å². The number of Topliss-reactive ketones (excluding diaryl/α,β-unsaturated/α-hetero) is 1. The Morgan fingerprint density at radius 1 is 1.12 bits per heavy atom. The summed E-state index contributed by atoms with van der Waals surface area (Å²) in [6.07, 6.45) is 1.49. The van der Waals surface area contributed by atoms with Gasteiger partial charge in [0.15, 0.2) is 0 Å². The maximum absolute atomic E-state index is 14.2. The fourth-order valence-corrected chi connectivity index (χ4v) is 3.92. The monoisotopic (exact) mass is 433 g/mol. The number of aliphatic hydroxyl groups excluding tert-OH is 1. The highest BCUT2D eigenvalue weighted by atomic mass is 19.1. The summed E-state index contributed by atoms with van der Waals surface area (Å²) < 4.78 is 19.6. The average Bonchev–Trinajstić information content (AvgIpc) is 3.37. The molecule has 0 radical (unpaired) electrons. The van der Waals surface area contributed by atoms with Crippen molar-refractivity contribution in [3.05, 3.63) is 100 Å². The molecule has 1 saturated heterocycles. The minimum Gasteiger partial charge on any atom is -0.507 e. The maximum atomic E-state index is 14.2. The Labute approximate surface area is 185 Å². The summed E-state index contributed by atoms with van der Waals surface area (Å²) in [5, 5.41) is 11.0. The van der Waals surface area contributed by atoms with Gasteiger partial charge < -0.3 is 14.4 Å². The molecule has 2 aromatic carbocycles. The molecule has 0 saturated carbocycles. The topological polar surface area (TPSA) is 70.8 Å². The summed E-state index contributed by atoms with van der Waals surface area (Å²) >= 11 is 0. The van der Waals surface area contributed by atoms with E-state index in [0.717, 1.165) is 5.56 Å². The number of furan rings is 1. The number of rotatable bonds is 5. The number of benzene rings is 2. The molecule has 0 spiro atoms. The third kappa shape index (κ3) is 3.84. The Morgan fingerprint density at radius 2 is 1.84 bits per heavy atom. The van der Waals surface area contributed by atoms with E-state index in [4.69, 9.17) is 4.42 Å². The van der Waals surface area contributed by atoms with Crippen LogP contribution in [0.2, 0.25) is 0 Å². The molecule has 1 fully saturated rings. The van der Waals surface area contributed by atoms with E-state index in [2.05, 4.69) is 13.8 Å². The Bertz CT molecular complexity index is 1190. The van der Waals surface area contributed by atoms with Crippen LogP contribution in [0, 0.1) is 12.7 Å². The Morgan fingerprint density at radius 3 is 2.44 bits per heavy atom. The SMILES string of the molecule is Cc1ccc(C(O)=C2C(=O)C(=O)N(Cc3ccco3)[C@@H]2c2ccc(C(C)C)cc2)cc1F. The molecule has 6 heteroatoms. The molecule has 2 heterocycles. The summed E-state index contributed by atoms with van der Waals surface area (Å²) in [7, 11) is 0. The highest BCUT2D eigenvalue weighted by Crippen LogP contribution is 2.40. The Hall–Kier alpha value is -3.67. The molecule has 3 aromatic rings. The van der Waals surface area contributed by atoms with Crippen LogP contribution in [-0.4, -0.2) is 21.7 Å². The molecule has 1 aromatic heterocycles. The van der Waals surface area contributed by atoms with E-state index in [1.807, 2.05) is 24.3 Å². The fraction of sp³-hybridized carbons (Fsp3) is 0.231. The number of ketones is 1. The van der Waals surface area contributed by atoms with Crippen molar-refractivity contribution < 1.29 is 23.5 Å². The number of carbonyl (C=O) groups is 2. The van der Waals surface area contributed by atoms with E-state index < -0.39 is 29.3 Å². The Balaban J connectivity index is 1.86. The van der Waals surface area contributed by atoms with Crippen molar-refractivity contribution >= 4 is 17.4 Å². The van der Waals surface area contributed by atoms with Crippen LogP contribution in [0.4, 0.5) is 4.39 Å². The number of carbonyl (C=O) groups excluding carboxylic acids is 2. The molecule has 1 aliphatic rings. The summed E-state index contributed by atoms with van der Waals surface area (Å²) in [6, 6.07) is 14.4. The lowest BCUT2D eigenvalue weighted by molar-refractivity contribution is -0.140. The van der Waals surface area contributed by atoms with Gasteiger partial charge in [-0.2, -0.15) is 0 Å². The average molecular weight is 433 g/mol. The number of nitrogens with zero attached hydrogens (tertiary/aromatic N) is 1. The molecular weight excluding hydrogens is 409 g/mol. The lowest BCUT2D eigenvalue weighted by atomic mass is 9.93. The van der Waals surface area contributed by atoms with Gasteiger partial charge in [-0.05, 0) is 47.7 Å². The second-order valence-electron chi connectivity index (χ2n) is 8.29. The zero-order chi connectivity index (χ0) is 23.0. The van der Waals surface area contributed by atoms with Crippen LogP contribution < -0.4 is 0 Å². The standard InChI is InChI=1S/C26H24FNO4/c1-15(2)17-8-10-18(11-9-17)23-22(24(29)19-7-6-16(3)21(27)13-19)25(30)26(31)28(23)14-20-5-4-12-32-20/h4-13,15,23,29H,14H2,1-3H3/t23-/m1/s1. The zero-order valence-electron chi connectivity index (χ0n) is 18.1. The van der Waals surface area contributed by atoms with Gasteiger partial charge in [-0.25, -0.2) is 4.39 Å². The van der Waals surface area contributed by atoms with Crippen LogP contribution in [0.15, 0.2) is 70.9 Å². The van der Waals surface area contributed by atoms with Gasteiger partial charge in [-0.1, -0.05) is 50.2 Å². The fourth-order valence-electron chi connectivity index (χ4n) is 3.92. The van der Waals surface area contributed by atoms with Gasteiger partial charge in [-0.15, -0.1) is 0 Å². The largest absolute Gasteiger partial charge is 0.507 e. The molecule has 0 aliphatic carbocycles. The molecule has 1 N–H and O–H groups in total. The number of amides is 1. The first kappa shape index (κ1) is 21.6. The minimum atomic E-state index is -0.828. The second-order valence-corrected chi connectivity index (χ2v) is 8.29. The molecular formula is C26H24FNO4. The molecule has 1 aliphatic heterocycles. The van der Waals surface area contributed by atoms with E-state index in [9.17, 15) is 19.1 Å². The first-order valence-electron chi connectivity index (χ1n) is 10.4. The van der Waals surface area contributed by atoms with Crippen LogP contribution in [0.3, 0.4) is 0 Å². The predicted octanol–water partition coefficient (Wildman–Crippen LogP) is 5.47. The maximum Gasteiger partial charge on any atom is 0.296 e. The van der Waals surface area contributed by atoms with Crippen LogP contribution in [0.1, 0.15) is 53.8 Å². The van der Waals surface area contributed by atoms with Crippen molar-refractivity contribution in [2.45, 2.75) is 39.3 Å². The van der Waals surface area contributed by atoms with Crippen molar-refractivity contribution in [2.24, 2.45) is 0 Å². The van der Waals surface area contributed by atoms with Crippen molar-refractivity contribution in [1.82, 2.24) is 4.90 Å². The lowest BCUT2D eigenvalue weighted by Gasteiger charge is -2.25. The van der Waals surface area contributed by atoms with Gasteiger partial charge in [0.1, 0.15) is 17.3 Å². The molecule has 32 heavy (non-hydrogen) atoms. The summed E-state index contributed by atoms with van der Waals surface area (Å²) in [5.74, 6) is -1.63. The molecule has 5 nitrogen and oxygen atoms in total. The van der Waals surface area contributed by atoms with Gasteiger partial charge in [0.05, 0.1) is 24.4 Å². The Kier molecular flexibility index (Phi) is 5.70. The van der Waals surface area contributed by atoms with Crippen molar-refractivity contribution in [2.75, 3.05) is 0 Å². The number of likely N-dealkylation sites (tertiary alicyclic amines) is 1. The van der Waals surface area contributed by atoms with Gasteiger partial charge >= 0.3 is 0 Å². The minimum absolute atomic E-state index is 0.0627. The summed E-state index contributed by atoms with van der Waals surface area (Å²) in [4.78, 5) is 27.4. The molecule has 4 rings (SSSR count). The van der Waals surface area contributed by atoms with Gasteiger partial charge in [0.25, 0.3) is 11.7 Å². The highest BCUT2D eigenvalue weighted by Gasteiger charge is 2.46. The van der Waals surface area contributed by atoms with E-state index >= 15 is 0 Å². The third-order valence-corrected chi connectivity index (χ3v) is 5.81. The van der Waals surface area contributed by atoms with E-state index in [1.165, 1.54) is 29.4 Å². The van der Waals surface area contributed by atoms with Gasteiger partial charge in [0, 0.05) is 5.56 Å². The molecule has 164 valence electrons. The third-order valence-electron chi connectivity index (χ3n) is 5.81. The number of halogens is 1. The molecule has 1 amide bonds. The van der Waals surface area contributed by atoms with E-state index in [-0.39, 0.29) is 17.7 Å². The quantitative estimate of drug-likeness (QED) is 0.329. The predicted molar refractivity (Wildman–Crippen MR) is 118 cm³/mol. The van der Waals surface area contributed by atoms with E-state index in [0.29, 0.717) is 22.8 Å². The van der Waals surface area contributed by atoms with Crippen LogP contribution in [0.5, 0.6) is 0 Å². The van der Waals surface area contributed by atoms with Crippen molar-refractivity contribution in [3.63, 3.8) is 0 Å². The first-order valence-corrected chi connectivity index (χ1v) is 10.4. The zero-order valence-corrected chi connectivity index (χ0v) is 18.1. The summed E-state index contributed by atoms with van der Waals surface area (Å²) in [5.41, 5.74) is 2.28. The number of aryl methyl sites for hydroxylation is 1. The smallest absolute Gasteiger partial charge is 0.296 e. The highest BCUT2D eigenvalue weighted by molar-refractivity contribution is 6.46. The number of aliphatic hydroxyl groups is 1. The van der Waals surface area contributed by atoms with Gasteiger partial charge in [-0.3, -0.25) is 9.59 Å². The van der Waals surface area contributed by atoms with Crippen molar-refractivity contribution in [3.8, 4) is 0 Å². The van der Waals surface area contributed by atoms with Crippen molar-refractivity contribution in [1.29, 1.82) is 0 Å². The number of hydrogen-bond acceptors (Lipinski definition) is 4. The van der Waals surface area contributed by atoms with E-state index in [1.54, 1.807) is 19.1 Å². The summed E-state index contributed by atoms with van der Waals surface area (Å²) in [6.45, 7) is 5.82. The number of hydrogen-bond donors (Lipinski definition) is 1. The normalized spacial score (nSPS) is 18.0. The van der Waals surface area contributed by atoms with Crippen LogP contribution in [-0.2, 0) is 16.1 Å². The lowest BCUT2D eigenvalue weighted by Crippen LogP contribution is -2.29.